The number of hydrogen-bond donors (Lipinski definition) is 1. The van der Waals surface area contributed by atoms with Gasteiger partial charge in [0.15, 0.2) is 0 Å². The lowest BCUT2D eigenvalue weighted by atomic mass is 9.80. The first-order valence-corrected chi connectivity index (χ1v) is 8.88. The highest BCUT2D eigenvalue weighted by molar-refractivity contribution is 5.78. The molecule has 25 heavy (non-hydrogen) atoms. The lowest BCUT2D eigenvalue weighted by Gasteiger charge is -2.44. The Balaban J connectivity index is 2.08. The highest BCUT2D eigenvalue weighted by Gasteiger charge is 2.36. The molecule has 3 rings (SSSR count). The molecule has 0 radical (unpaired) electrons. The molecule has 0 bridgehead atoms. The zero-order chi connectivity index (χ0) is 18.0. The van der Waals surface area contributed by atoms with E-state index >= 15 is 0 Å². The number of likely N-dealkylation sites (N-methyl/N-ethyl adjacent to an activating group) is 1. The Hall–Kier alpha value is -2.39. The number of nitriles is 1. The molecule has 0 spiro atoms. The van der Waals surface area contributed by atoms with E-state index in [1.807, 2.05) is 6.07 Å². The van der Waals surface area contributed by atoms with Crippen molar-refractivity contribution in [2.45, 2.75) is 51.1 Å². The van der Waals surface area contributed by atoms with Gasteiger partial charge in [0.2, 0.25) is 0 Å². The summed E-state index contributed by atoms with van der Waals surface area (Å²) in [7, 11) is 2.13. The fraction of sp³-hybridized carbons (Fsp3) is 0.526. The van der Waals surface area contributed by atoms with Gasteiger partial charge in [0.05, 0.1) is 10.9 Å². The van der Waals surface area contributed by atoms with Crippen molar-refractivity contribution in [3.8, 4) is 6.07 Å². The monoisotopic (exact) mass is 340 g/mol. The van der Waals surface area contributed by atoms with Gasteiger partial charge in [-0.25, -0.2) is 0 Å². The zero-order valence-corrected chi connectivity index (χ0v) is 14.8. The van der Waals surface area contributed by atoms with E-state index in [1.54, 1.807) is 16.8 Å². The van der Waals surface area contributed by atoms with Gasteiger partial charge in [0.1, 0.15) is 11.6 Å². The highest BCUT2D eigenvalue weighted by Crippen LogP contribution is 2.34. The average molecular weight is 340 g/mol. The van der Waals surface area contributed by atoms with Crippen molar-refractivity contribution in [3.05, 3.63) is 44.6 Å². The predicted molar refractivity (Wildman–Crippen MR) is 97.7 cm³/mol. The molecule has 132 valence electrons. The van der Waals surface area contributed by atoms with Crippen LogP contribution in [0, 0.1) is 11.3 Å². The van der Waals surface area contributed by atoms with Gasteiger partial charge in [0.25, 0.3) is 11.1 Å². The van der Waals surface area contributed by atoms with E-state index in [-0.39, 0.29) is 16.7 Å². The van der Waals surface area contributed by atoms with Gasteiger partial charge in [-0.3, -0.25) is 14.5 Å². The largest absolute Gasteiger partial charge is 0.321 e. The van der Waals surface area contributed by atoms with Crippen LogP contribution >= 0.6 is 0 Å². The van der Waals surface area contributed by atoms with Crippen molar-refractivity contribution in [1.82, 2.24) is 14.5 Å². The molecule has 2 aromatic rings. The molecule has 0 unspecified atom stereocenters. The van der Waals surface area contributed by atoms with E-state index < -0.39 is 5.56 Å². The number of H-pyrrole nitrogens is 1. The summed E-state index contributed by atoms with van der Waals surface area (Å²) in [6.45, 7) is 3.71. The Kier molecular flexibility index (Phi) is 4.78. The first-order chi connectivity index (χ1) is 12.0. The van der Waals surface area contributed by atoms with E-state index in [1.165, 1.54) is 25.3 Å². The lowest BCUT2D eigenvalue weighted by Crippen LogP contribution is -2.52. The lowest BCUT2D eigenvalue weighted by molar-refractivity contribution is 0.0613. The Bertz CT molecular complexity index is 929. The third kappa shape index (κ3) is 3.12. The molecule has 0 amide bonds. The molecule has 6 nitrogen and oxygen atoms in total. The maximum atomic E-state index is 12.9. The maximum Gasteiger partial charge on any atom is 0.266 e. The second kappa shape index (κ2) is 6.85. The summed E-state index contributed by atoms with van der Waals surface area (Å²) in [5, 5.41) is 9.45. The molecule has 0 saturated heterocycles. The quantitative estimate of drug-likeness (QED) is 0.925. The average Bonchev–Trinajstić information content (AvgIpc) is 2.64. The molecule has 1 fully saturated rings. The van der Waals surface area contributed by atoms with Crippen LogP contribution in [0.3, 0.4) is 0 Å². The van der Waals surface area contributed by atoms with Crippen LogP contribution in [0.2, 0.25) is 0 Å². The van der Waals surface area contributed by atoms with Crippen LogP contribution in [0.15, 0.2) is 27.9 Å². The molecule has 2 heterocycles. The number of hydrogen-bond acceptors (Lipinski definition) is 4. The smallest absolute Gasteiger partial charge is 0.266 e. The highest BCUT2D eigenvalue weighted by atomic mass is 16.1. The molecule has 0 aromatic carbocycles. The third-order valence-corrected chi connectivity index (χ3v) is 5.64. The van der Waals surface area contributed by atoms with Crippen molar-refractivity contribution < 1.29 is 0 Å². The molecule has 1 saturated carbocycles. The van der Waals surface area contributed by atoms with Gasteiger partial charge in [0, 0.05) is 18.3 Å². The number of pyridine rings is 2. The van der Waals surface area contributed by atoms with E-state index in [0.717, 1.165) is 19.4 Å². The molecule has 1 aliphatic carbocycles. The van der Waals surface area contributed by atoms with E-state index in [9.17, 15) is 9.59 Å². The van der Waals surface area contributed by atoms with Crippen LogP contribution in [-0.2, 0) is 6.54 Å². The van der Waals surface area contributed by atoms with Crippen LogP contribution in [0.4, 0.5) is 0 Å². The summed E-state index contributed by atoms with van der Waals surface area (Å²) in [5.74, 6) is 0. The van der Waals surface area contributed by atoms with Crippen molar-refractivity contribution in [2.75, 3.05) is 13.6 Å². The second-order valence-corrected chi connectivity index (χ2v) is 7.00. The standard InChI is InChI=1S/C19H24N4O2/c1-3-22(2)19(8-5-4-6-9-19)13-23-10-7-16-15(18(23)25)11-14(12-20)17(24)21-16/h7,10-11H,3-6,8-9,13H2,1-2H3,(H,21,24). The molecular weight excluding hydrogens is 316 g/mol. The maximum absolute atomic E-state index is 12.9. The van der Waals surface area contributed by atoms with Gasteiger partial charge in [-0.1, -0.05) is 26.2 Å². The summed E-state index contributed by atoms with van der Waals surface area (Å²) in [6.07, 6.45) is 7.52. The first-order valence-electron chi connectivity index (χ1n) is 8.88. The summed E-state index contributed by atoms with van der Waals surface area (Å²) < 4.78 is 1.74. The van der Waals surface area contributed by atoms with Crippen LogP contribution < -0.4 is 11.1 Å². The second-order valence-electron chi connectivity index (χ2n) is 7.00. The molecule has 6 heteroatoms. The summed E-state index contributed by atoms with van der Waals surface area (Å²) in [4.78, 5) is 29.7. The predicted octanol–water partition coefficient (Wildman–Crippen LogP) is 2.22. The Labute approximate surface area is 146 Å². The Morgan fingerprint density at radius 3 is 2.68 bits per heavy atom. The molecular formula is C19H24N4O2. The summed E-state index contributed by atoms with van der Waals surface area (Å²) >= 11 is 0. The topological polar surface area (TPSA) is 81.9 Å². The molecule has 0 atom stereocenters. The molecule has 1 N–H and O–H groups in total. The minimum Gasteiger partial charge on any atom is -0.321 e. The van der Waals surface area contributed by atoms with Gasteiger partial charge in [-0.2, -0.15) is 5.26 Å². The van der Waals surface area contributed by atoms with Crippen LogP contribution in [0.1, 0.15) is 44.6 Å². The van der Waals surface area contributed by atoms with Gasteiger partial charge < -0.3 is 9.55 Å². The van der Waals surface area contributed by atoms with Gasteiger partial charge in [-0.05, 0) is 38.6 Å². The number of rotatable bonds is 4. The number of aromatic nitrogens is 2. The number of aromatic amines is 1. The number of nitrogens with one attached hydrogen (secondary N) is 1. The normalized spacial score (nSPS) is 16.9. The van der Waals surface area contributed by atoms with E-state index in [0.29, 0.717) is 17.4 Å². The van der Waals surface area contributed by atoms with Crippen LogP contribution in [0.5, 0.6) is 0 Å². The molecule has 0 aliphatic heterocycles. The fourth-order valence-electron chi connectivity index (χ4n) is 3.97. The third-order valence-electron chi connectivity index (χ3n) is 5.64. The van der Waals surface area contributed by atoms with Crippen LogP contribution in [0.25, 0.3) is 10.9 Å². The summed E-state index contributed by atoms with van der Waals surface area (Å²) in [6, 6.07) is 5.01. The minimum atomic E-state index is -0.457. The zero-order valence-electron chi connectivity index (χ0n) is 14.8. The van der Waals surface area contributed by atoms with Crippen molar-refractivity contribution in [3.63, 3.8) is 0 Å². The molecule has 2 aromatic heterocycles. The summed E-state index contributed by atoms with van der Waals surface area (Å²) in [5.41, 5.74) is -0.168. The van der Waals surface area contributed by atoms with Crippen molar-refractivity contribution in [1.29, 1.82) is 5.26 Å². The van der Waals surface area contributed by atoms with Gasteiger partial charge >= 0.3 is 0 Å². The SMILES string of the molecule is CCN(C)C1(Cn2ccc3[nH]c(=O)c(C#N)cc3c2=O)CCCCC1. The van der Waals surface area contributed by atoms with E-state index in [4.69, 9.17) is 5.26 Å². The fourth-order valence-corrected chi connectivity index (χ4v) is 3.97. The first kappa shape index (κ1) is 17.4. The Morgan fingerprint density at radius 2 is 2.04 bits per heavy atom. The van der Waals surface area contributed by atoms with Crippen molar-refractivity contribution >= 4 is 10.9 Å². The molecule has 1 aliphatic rings. The Morgan fingerprint density at radius 1 is 1.32 bits per heavy atom. The number of nitrogens with zero attached hydrogens (tertiary/aromatic N) is 3. The minimum absolute atomic E-state index is 0.00918. The number of fused-ring (bicyclic) bond motifs is 1. The van der Waals surface area contributed by atoms with E-state index in [2.05, 4.69) is 23.9 Å². The van der Waals surface area contributed by atoms with Crippen molar-refractivity contribution in [2.24, 2.45) is 0 Å². The van der Waals surface area contributed by atoms with Gasteiger partial charge in [-0.15, -0.1) is 0 Å². The van der Waals surface area contributed by atoms with Crippen LogP contribution in [-0.4, -0.2) is 33.6 Å².